The van der Waals surface area contributed by atoms with Crippen LogP contribution < -0.4 is 15.0 Å². The van der Waals surface area contributed by atoms with Crippen LogP contribution in [-0.2, 0) is 6.54 Å². The number of ether oxygens (including phenoxy) is 2. The minimum atomic E-state index is -0.102. The van der Waals surface area contributed by atoms with Gasteiger partial charge in [0.15, 0.2) is 16.3 Å². The van der Waals surface area contributed by atoms with Gasteiger partial charge in [0.1, 0.15) is 0 Å². The first kappa shape index (κ1) is 18.5. The van der Waals surface area contributed by atoms with Crippen molar-refractivity contribution in [1.29, 1.82) is 0 Å². The molecule has 1 aromatic heterocycles. The van der Waals surface area contributed by atoms with Gasteiger partial charge in [-0.15, -0.1) is 12.4 Å². The number of nitrogens with zero attached hydrogens (tertiary/aromatic N) is 1. The molecule has 0 spiro atoms. The van der Waals surface area contributed by atoms with Crippen molar-refractivity contribution in [2.75, 3.05) is 14.2 Å². The Bertz CT molecular complexity index is 770. The van der Waals surface area contributed by atoms with E-state index in [1.54, 1.807) is 30.9 Å². The maximum absolute atomic E-state index is 12.6. The molecule has 1 aromatic carbocycles. The molecule has 2 rings (SSSR count). The standard InChI is InChI=1S/C15H20N2O3S.ClH/c1-5-9(2)8-17-14(18)10-6-12(19-3)13(20-4)7-11(10)16-15(17)21;/h6-7,9H,5,8H2,1-4H3,(H,16,21);1H. The van der Waals surface area contributed by atoms with E-state index in [0.717, 1.165) is 6.42 Å². The SMILES string of the molecule is CCC(C)Cn1c(=S)[nH]c2cc(OC)c(OC)cc2c1=O.Cl. The number of halogens is 1. The van der Waals surface area contributed by atoms with Crippen molar-refractivity contribution < 1.29 is 9.47 Å². The summed E-state index contributed by atoms with van der Waals surface area (Å²) >= 11 is 5.31. The van der Waals surface area contributed by atoms with E-state index in [4.69, 9.17) is 21.7 Å². The molecule has 1 heterocycles. The maximum Gasteiger partial charge on any atom is 0.262 e. The van der Waals surface area contributed by atoms with E-state index in [2.05, 4.69) is 18.8 Å². The average molecular weight is 345 g/mol. The van der Waals surface area contributed by atoms with Crippen LogP contribution in [-0.4, -0.2) is 23.8 Å². The van der Waals surface area contributed by atoms with E-state index >= 15 is 0 Å². The quantitative estimate of drug-likeness (QED) is 0.843. The molecule has 0 saturated carbocycles. The van der Waals surface area contributed by atoms with Gasteiger partial charge in [-0.3, -0.25) is 9.36 Å². The predicted octanol–water partition coefficient (Wildman–Crippen LogP) is 3.54. The summed E-state index contributed by atoms with van der Waals surface area (Å²) in [6, 6.07) is 3.42. The van der Waals surface area contributed by atoms with Gasteiger partial charge in [-0.25, -0.2) is 0 Å². The van der Waals surface area contributed by atoms with Crippen LogP contribution in [0.4, 0.5) is 0 Å². The topological polar surface area (TPSA) is 56.2 Å². The van der Waals surface area contributed by atoms with Crippen molar-refractivity contribution in [3.63, 3.8) is 0 Å². The minimum Gasteiger partial charge on any atom is -0.493 e. The van der Waals surface area contributed by atoms with Crippen molar-refractivity contribution in [2.24, 2.45) is 5.92 Å². The number of hydrogen-bond donors (Lipinski definition) is 1. The molecule has 7 heteroatoms. The molecule has 5 nitrogen and oxygen atoms in total. The fourth-order valence-corrected chi connectivity index (χ4v) is 2.45. The van der Waals surface area contributed by atoms with Crippen LogP contribution in [0.5, 0.6) is 11.5 Å². The van der Waals surface area contributed by atoms with E-state index < -0.39 is 0 Å². The lowest BCUT2D eigenvalue weighted by Crippen LogP contribution is -2.25. The third-order valence-corrected chi connectivity index (χ3v) is 4.00. The van der Waals surface area contributed by atoms with Crippen molar-refractivity contribution in [3.8, 4) is 11.5 Å². The first-order valence-corrected chi connectivity index (χ1v) is 7.31. The van der Waals surface area contributed by atoms with Gasteiger partial charge in [-0.2, -0.15) is 0 Å². The normalized spacial score (nSPS) is 11.8. The first-order chi connectivity index (χ1) is 10.0. The molecule has 0 aliphatic heterocycles. The zero-order chi connectivity index (χ0) is 15.6. The second kappa shape index (κ2) is 7.65. The van der Waals surface area contributed by atoms with Crippen molar-refractivity contribution >= 4 is 35.5 Å². The van der Waals surface area contributed by atoms with Gasteiger partial charge < -0.3 is 14.5 Å². The third kappa shape index (κ3) is 3.44. The van der Waals surface area contributed by atoms with Crippen LogP contribution in [0.2, 0.25) is 0 Å². The van der Waals surface area contributed by atoms with Gasteiger partial charge >= 0.3 is 0 Å². The Morgan fingerprint density at radius 3 is 2.41 bits per heavy atom. The van der Waals surface area contributed by atoms with E-state index in [-0.39, 0.29) is 18.0 Å². The Morgan fingerprint density at radius 2 is 1.86 bits per heavy atom. The monoisotopic (exact) mass is 344 g/mol. The Hall–Kier alpha value is -1.53. The van der Waals surface area contributed by atoms with Crippen LogP contribution in [0.3, 0.4) is 0 Å². The highest BCUT2D eigenvalue weighted by Crippen LogP contribution is 2.29. The molecule has 122 valence electrons. The Balaban J connectivity index is 0.00000242. The van der Waals surface area contributed by atoms with Gasteiger partial charge in [-0.1, -0.05) is 20.3 Å². The van der Waals surface area contributed by atoms with E-state index in [1.165, 1.54) is 0 Å². The van der Waals surface area contributed by atoms with E-state index in [9.17, 15) is 4.79 Å². The van der Waals surface area contributed by atoms with E-state index in [1.807, 2.05) is 0 Å². The summed E-state index contributed by atoms with van der Waals surface area (Å²) in [5.74, 6) is 1.48. The molecule has 0 fully saturated rings. The number of benzene rings is 1. The number of fused-ring (bicyclic) bond motifs is 1. The summed E-state index contributed by atoms with van der Waals surface area (Å²) in [6.07, 6.45) is 0.991. The summed E-state index contributed by atoms with van der Waals surface area (Å²) in [4.78, 5) is 15.7. The Kier molecular flexibility index (Phi) is 6.44. The number of rotatable bonds is 5. The molecule has 1 atom stereocenters. The Labute approximate surface area is 140 Å². The first-order valence-electron chi connectivity index (χ1n) is 6.90. The molecule has 0 saturated heterocycles. The van der Waals surface area contributed by atoms with Gasteiger partial charge in [0.05, 0.1) is 25.1 Å². The molecule has 2 aromatic rings. The van der Waals surface area contributed by atoms with Gasteiger partial charge in [0, 0.05) is 12.6 Å². The highest BCUT2D eigenvalue weighted by molar-refractivity contribution is 7.71. The lowest BCUT2D eigenvalue weighted by Gasteiger charge is -2.14. The number of aromatic nitrogens is 2. The lowest BCUT2D eigenvalue weighted by molar-refractivity contribution is 0.355. The summed E-state index contributed by atoms with van der Waals surface area (Å²) in [5.41, 5.74) is 0.554. The number of H-pyrrole nitrogens is 1. The van der Waals surface area contributed by atoms with Gasteiger partial charge in [0.2, 0.25) is 0 Å². The molecule has 22 heavy (non-hydrogen) atoms. The molecule has 1 unspecified atom stereocenters. The highest BCUT2D eigenvalue weighted by Gasteiger charge is 2.12. The predicted molar refractivity (Wildman–Crippen MR) is 93.2 cm³/mol. The largest absolute Gasteiger partial charge is 0.493 e. The summed E-state index contributed by atoms with van der Waals surface area (Å²) < 4.78 is 12.5. The average Bonchev–Trinajstić information content (AvgIpc) is 2.49. The fourth-order valence-electron chi connectivity index (χ4n) is 2.19. The summed E-state index contributed by atoms with van der Waals surface area (Å²) in [7, 11) is 3.11. The molecule has 0 aliphatic carbocycles. The van der Waals surface area contributed by atoms with Crippen LogP contribution in [0.15, 0.2) is 16.9 Å². The van der Waals surface area contributed by atoms with Crippen LogP contribution >= 0.6 is 24.6 Å². The van der Waals surface area contributed by atoms with Gasteiger partial charge in [-0.05, 0) is 24.2 Å². The van der Waals surface area contributed by atoms with Crippen LogP contribution in [0.25, 0.3) is 10.9 Å². The second-order valence-electron chi connectivity index (χ2n) is 5.11. The molecule has 1 N–H and O–H groups in total. The molecule has 0 amide bonds. The maximum atomic E-state index is 12.6. The van der Waals surface area contributed by atoms with Gasteiger partial charge in [0.25, 0.3) is 5.56 Å². The highest BCUT2D eigenvalue weighted by atomic mass is 35.5. The third-order valence-electron chi connectivity index (χ3n) is 3.68. The van der Waals surface area contributed by atoms with Crippen molar-refractivity contribution in [2.45, 2.75) is 26.8 Å². The van der Waals surface area contributed by atoms with Crippen LogP contribution in [0.1, 0.15) is 20.3 Å². The number of aromatic amines is 1. The van der Waals surface area contributed by atoms with Crippen molar-refractivity contribution in [1.82, 2.24) is 9.55 Å². The van der Waals surface area contributed by atoms with E-state index in [0.29, 0.717) is 39.6 Å². The minimum absolute atomic E-state index is 0. The summed E-state index contributed by atoms with van der Waals surface area (Å²) in [6.45, 7) is 4.80. The number of methoxy groups -OCH3 is 2. The summed E-state index contributed by atoms with van der Waals surface area (Å²) in [5, 5.41) is 0.546. The molecule has 0 bridgehead atoms. The zero-order valence-corrected chi connectivity index (χ0v) is 14.8. The molecule has 0 radical (unpaired) electrons. The Morgan fingerprint density at radius 1 is 1.27 bits per heavy atom. The lowest BCUT2D eigenvalue weighted by atomic mass is 10.1. The molecule has 0 aliphatic rings. The zero-order valence-electron chi connectivity index (χ0n) is 13.1. The molecular weight excluding hydrogens is 324 g/mol. The smallest absolute Gasteiger partial charge is 0.262 e. The fraction of sp³-hybridized carbons (Fsp3) is 0.467. The number of hydrogen-bond acceptors (Lipinski definition) is 4. The second-order valence-corrected chi connectivity index (χ2v) is 5.50. The molecular formula is C15H21ClN2O3S. The van der Waals surface area contributed by atoms with Crippen molar-refractivity contribution in [3.05, 3.63) is 27.3 Å². The number of nitrogens with one attached hydrogen (secondary N) is 1. The van der Waals surface area contributed by atoms with Crippen LogP contribution in [0, 0.1) is 10.7 Å².